The molecule has 1 unspecified atom stereocenters. The highest BCUT2D eigenvalue weighted by atomic mass is 16.3. The Morgan fingerprint density at radius 1 is 1.40 bits per heavy atom. The van der Waals surface area contributed by atoms with Gasteiger partial charge in [-0.2, -0.15) is 0 Å². The highest BCUT2D eigenvalue weighted by molar-refractivity contribution is 5.94. The smallest absolute Gasteiger partial charge is 0.253 e. The van der Waals surface area contributed by atoms with Gasteiger partial charge in [0.25, 0.3) is 5.91 Å². The fraction of sp³-hybridized carbons (Fsp3) is 0.533. The van der Waals surface area contributed by atoms with E-state index in [2.05, 4.69) is 5.32 Å². The minimum absolute atomic E-state index is 0.103. The van der Waals surface area contributed by atoms with Crippen LogP contribution in [0, 0.1) is 5.92 Å². The average molecular weight is 278 g/mol. The second-order valence-corrected chi connectivity index (χ2v) is 5.26. The van der Waals surface area contributed by atoms with Crippen molar-refractivity contribution in [2.45, 2.75) is 19.8 Å². The molecule has 1 atom stereocenters. The number of carbonyl (C=O) groups is 1. The number of carbonyl (C=O) groups excluding carboxylic acids is 1. The highest BCUT2D eigenvalue weighted by Crippen LogP contribution is 2.25. The molecule has 1 aromatic carbocycles. The fourth-order valence-electron chi connectivity index (χ4n) is 2.59. The Balaban J connectivity index is 2.05. The summed E-state index contributed by atoms with van der Waals surface area (Å²) >= 11 is 0. The third-order valence-corrected chi connectivity index (χ3v) is 3.77. The molecule has 1 fully saturated rings. The summed E-state index contributed by atoms with van der Waals surface area (Å²) in [7, 11) is 0. The number of phenolic OH excluding ortho intramolecular Hbond substituents is 2. The molecule has 5 heteroatoms. The minimum atomic E-state index is -0.258. The second kappa shape index (κ2) is 6.61. The predicted octanol–water partition coefficient (Wildman–Crippen LogP) is 1.56. The molecule has 1 heterocycles. The molecule has 110 valence electrons. The van der Waals surface area contributed by atoms with Crippen molar-refractivity contribution in [2.24, 2.45) is 5.92 Å². The zero-order valence-electron chi connectivity index (χ0n) is 11.8. The molecule has 2 rings (SSSR count). The largest absolute Gasteiger partial charge is 0.504 e. The molecule has 0 aliphatic carbocycles. The van der Waals surface area contributed by atoms with Gasteiger partial charge in [0, 0.05) is 18.7 Å². The van der Waals surface area contributed by atoms with Crippen molar-refractivity contribution < 1.29 is 15.0 Å². The third kappa shape index (κ3) is 3.42. The van der Waals surface area contributed by atoms with Crippen LogP contribution >= 0.6 is 0 Å². The Labute approximate surface area is 119 Å². The molecule has 1 saturated heterocycles. The van der Waals surface area contributed by atoms with Crippen molar-refractivity contribution in [3.63, 3.8) is 0 Å². The molecule has 5 nitrogen and oxygen atoms in total. The quantitative estimate of drug-likeness (QED) is 0.731. The van der Waals surface area contributed by atoms with Crippen LogP contribution in [-0.2, 0) is 0 Å². The molecule has 0 spiro atoms. The lowest BCUT2D eigenvalue weighted by atomic mass is 9.98. The molecule has 0 saturated carbocycles. The number of hydrogen-bond acceptors (Lipinski definition) is 4. The third-order valence-electron chi connectivity index (χ3n) is 3.77. The zero-order valence-corrected chi connectivity index (χ0v) is 11.8. The van der Waals surface area contributed by atoms with Crippen LogP contribution in [0.3, 0.4) is 0 Å². The number of piperidine rings is 1. The van der Waals surface area contributed by atoms with Gasteiger partial charge >= 0.3 is 0 Å². The number of benzene rings is 1. The van der Waals surface area contributed by atoms with Gasteiger partial charge in [-0.15, -0.1) is 0 Å². The van der Waals surface area contributed by atoms with Crippen LogP contribution in [0.15, 0.2) is 18.2 Å². The summed E-state index contributed by atoms with van der Waals surface area (Å²) in [6.07, 6.45) is 2.29. The first-order valence-electron chi connectivity index (χ1n) is 7.13. The summed E-state index contributed by atoms with van der Waals surface area (Å²) in [6.45, 7) is 5.32. The normalized spacial score (nSPS) is 18.8. The summed E-state index contributed by atoms with van der Waals surface area (Å²) in [4.78, 5) is 14.2. The lowest BCUT2D eigenvalue weighted by Crippen LogP contribution is -2.41. The number of nitrogens with one attached hydrogen (secondary N) is 1. The van der Waals surface area contributed by atoms with Gasteiger partial charge in [0.15, 0.2) is 11.5 Å². The van der Waals surface area contributed by atoms with Crippen LogP contribution in [0.25, 0.3) is 0 Å². The van der Waals surface area contributed by atoms with E-state index in [0.717, 1.165) is 32.5 Å². The van der Waals surface area contributed by atoms with Crippen LogP contribution in [0.1, 0.15) is 30.1 Å². The molecule has 0 radical (unpaired) electrons. The van der Waals surface area contributed by atoms with E-state index in [4.69, 9.17) is 0 Å². The van der Waals surface area contributed by atoms with Gasteiger partial charge in [0.2, 0.25) is 0 Å². The lowest BCUT2D eigenvalue weighted by molar-refractivity contribution is 0.0728. The van der Waals surface area contributed by atoms with Gasteiger partial charge in [0.05, 0.1) is 0 Å². The Hall–Kier alpha value is -1.75. The topological polar surface area (TPSA) is 72.8 Å². The van der Waals surface area contributed by atoms with Crippen molar-refractivity contribution in [3.05, 3.63) is 23.8 Å². The van der Waals surface area contributed by atoms with Gasteiger partial charge in [-0.25, -0.2) is 0 Å². The predicted molar refractivity (Wildman–Crippen MR) is 76.9 cm³/mol. The van der Waals surface area contributed by atoms with E-state index in [0.29, 0.717) is 18.0 Å². The molecule has 0 aromatic heterocycles. The van der Waals surface area contributed by atoms with E-state index in [-0.39, 0.29) is 17.4 Å². The Morgan fingerprint density at radius 2 is 2.20 bits per heavy atom. The maximum Gasteiger partial charge on any atom is 0.253 e. The SMILES string of the molecule is CCN(CC1CCCNC1)C(=O)c1ccc(O)c(O)c1. The fourth-order valence-corrected chi connectivity index (χ4v) is 2.59. The summed E-state index contributed by atoms with van der Waals surface area (Å²) < 4.78 is 0. The molecule has 0 bridgehead atoms. The van der Waals surface area contributed by atoms with Gasteiger partial charge in [-0.1, -0.05) is 0 Å². The van der Waals surface area contributed by atoms with E-state index in [1.165, 1.54) is 12.1 Å². The number of aromatic hydroxyl groups is 2. The van der Waals surface area contributed by atoms with Crippen LogP contribution in [0.2, 0.25) is 0 Å². The van der Waals surface area contributed by atoms with Gasteiger partial charge in [0.1, 0.15) is 0 Å². The second-order valence-electron chi connectivity index (χ2n) is 5.26. The number of rotatable bonds is 4. The Kier molecular flexibility index (Phi) is 4.84. The van der Waals surface area contributed by atoms with Gasteiger partial charge in [-0.05, 0) is 57.0 Å². The molecular formula is C15H22N2O3. The maximum absolute atomic E-state index is 12.4. The average Bonchev–Trinajstić information content (AvgIpc) is 2.48. The number of phenols is 2. The van der Waals surface area contributed by atoms with Crippen molar-refractivity contribution in [1.82, 2.24) is 10.2 Å². The van der Waals surface area contributed by atoms with Crippen LogP contribution in [0.5, 0.6) is 11.5 Å². The van der Waals surface area contributed by atoms with Crippen molar-refractivity contribution in [1.29, 1.82) is 0 Å². The molecule has 1 aromatic rings. The molecular weight excluding hydrogens is 256 g/mol. The van der Waals surface area contributed by atoms with Crippen molar-refractivity contribution in [2.75, 3.05) is 26.2 Å². The summed E-state index contributed by atoms with van der Waals surface area (Å²) in [5.41, 5.74) is 0.408. The highest BCUT2D eigenvalue weighted by Gasteiger charge is 2.21. The summed E-state index contributed by atoms with van der Waals surface area (Å²) in [6, 6.07) is 4.21. The molecule has 1 amide bonds. The molecule has 3 N–H and O–H groups in total. The minimum Gasteiger partial charge on any atom is -0.504 e. The maximum atomic E-state index is 12.4. The Bertz CT molecular complexity index is 470. The van der Waals surface area contributed by atoms with E-state index in [1.54, 1.807) is 11.0 Å². The van der Waals surface area contributed by atoms with Crippen molar-refractivity contribution in [3.8, 4) is 11.5 Å². The van der Waals surface area contributed by atoms with Crippen LogP contribution in [-0.4, -0.2) is 47.2 Å². The van der Waals surface area contributed by atoms with E-state index >= 15 is 0 Å². The van der Waals surface area contributed by atoms with Gasteiger partial charge in [-0.3, -0.25) is 4.79 Å². The summed E-state index contributed by atoms with van der Waals surface area (Å²) in [5.74, 6) is -0.0842. The van der Waals surface area contributed by atoms with Crippen LogP contribution in [0.4, 0.5) is 0 Å². The standard InChI is InChI=1S/C15H22N2O3/c1-2-17(10-11-4-3-7-16-9-11)15(20)12-5-6-13(18)14(19)8-12/h5-6,8,11,16,18-19H,2-4,7,9-10H2,1H3. The summed E-state index contributed by atoms with van der Waals surface area (Å²) in [5, 5.41) is 22.1. The van der Waals surface area contributed by atoms with E-state index < -0.39 is 0 Å². The van der Waals surface area contributed by atoms with Crippen LogP contribution < -0.4 is 5.32 Å². The van der Waals surface area contributed by atoms with Crippen molar-refractivity contribution >= 4 is 5.91 Å². The lowest BCUT2D eigenvalue weighted by Gasteiger charge is -2.29. The number of nitrogens with zero attached hydrogens (tertiary/aromatic N) is 1. The zero-order chi connectivity index (χ0) is 14.5. The van der Waals surface area contributed by atoms with E-state index in [1.807, 2.05) is 6.92 Å². The molecule has 1 aliphatic heterocycles. The molecule has 1 aliphatic rings. The molecule has 20 heavy (non-hydrogen) atoms. The van der Waals surface area contributed by atoms with E-state index in [9.17, 15) is 15.0 Å². The first-order valence-corrected chi connectivity index (χ1v) is 7.13. The monoisotopic (exact) mass is 278 g/mol. The Morgan fingerprint density at radius 3 is 2.80 bits per heavy atom. The number of amides is 1. The number of hydrogen-bond donors (Lipinski definition) is 3. The first-order chi connectivity index (χ1) is 9.61. The first kappa shape index (κ1) is 14.7. The van der Waals surface area contributed by atoms with Gasteiger partial charge < -0.3 is 20.4 Å².